The highest BCUT2D eigenvalue weighted by Gasteiger charge is 2.30. The zero-order valence-electron chi connectivity index (χ0n) is 11.4. The molecule has 0 bridgehead atoms. The smallest absolute Gasteiger partial charge is 0.132 e. The first-order chi connectivity index (χ1) is 9.65. The predicted octanol–water partition coefficient (Wildman–Crippen LogP) is 4.87. The molecule has 1 aliphatic carbocycles. The number of hydrogen-bond acceptors (Lipinski definition) is 1. The molecule has 0 saturated carbocycles. The molecule has 2 atom stereocenters. The fourth-order valence-corrected chi connectivity index (χ4v) is 3.36. The number of allylic oxidation sites excluding steroid dienone is 3. The van der Waals surface area contributed by atoms with Crippen LogP contribution >= 0.6 is 11.6 Å². The van der Waals surface area contributed by atoms with Gasteiger partial charge < -0.3 is 0 Å². The molecule has 0 radical (unpaired) electrons. The van der Waals surface area contributed by atoms with E-state index in [1.807, 2.05) is 12.1 Å². The van der Waals surface area contributed by atoms with E-state index in [-0.39, 0.29) is 17.8 Å². The third-order valence-electron chi connectivity index (χ3n) is 4.06. The van der Waals surface area contributed by atoms with Crippen molar-refractivity contribution in [3.8, 4) is 0 Å². The highest BCUT2D eigenvalue weighted by atomic mass is 35.5. The highest BCUT2D eigenvalue weighted by molar-refractivity contribution is 6.30. The molecule has 0 N–H and O–H groups in total. The molecule has 3 heteroatoms. The first-order valence-corrected chi connectivity index (χ1v) is 7.38. The lowest BCUT2D eigenvalue weighted by molar-refractivity contribution is 0.494. The summed E-state index contributed by atoms with van der Waals surface area (Å²) >= 11 is 6.36. The number of halogens is 2. The van der Waals surface area contributed by atoms with E-state index in [9.17, 15) is 4.39 Å². The maximum Gasteiger partial charge on any atom is 0.132 e. The zero-order valence-corrected chi connectivity index (χ0v) is 12.2. The minimum absolute atomic E-state index is 0.178. The Labute approximate surface area is 123 Å². The minimum Gasteiger partial charge on any atom is -0.285 e. The van der Waals surface area contributed by atoms with Gasteiger partial charge in [-0.3, -0.25) is 4.99 Å². The van der Waals surface area contributed by atoms with Gasteiger partial charge in [0.2, 0.25) is 0 Å². The molecule has 0 spiro atoms. The van der Waals surface area contributed by atoms with Crippen LogP contribution < -0.4 is 0 Å². The van der Waals surface area contributed by atoms with Gasteiger partial charge in [-0.25, -0.2) is 4.39 Å². The summed E-state index contributed by atoms with van der Waals surface area (Å²) in [7, 11) is 0. The van der Waals surface area contributed by atoms with Gasteiger partial charge in [0, 0.05) is 22.2 Å². The summed E-state index contributed by atoms with van der Waals surface area (Å²) in [5.74, 6) is 0.0672. The molecule has 0 saturated heterocycles. The average Bonchev–Trinajstić information content (AvgIpc) is 2.88. The van der Waals surface area contributed by atoms with E-state index in [0.717, 1.165) is 30.0 Å². The highest BCUT2D eigenvalue weighted by Crippen LogP contribution is 2.36. The van der Waals surface area contributed by atoms with Crippen molar-refractivity contribution in [1.29, 1.82) is 0 Å². The second kappa shape index (κ2) is 5.53. The van der Waals surface area contributed by atoms with Crippen molar-refractivity contribution in [2.75, 3.05) is 0 Å². The predicted molar refractivity (Wildman–Crippen MR) is 81.8 cm³/mol. The number of benzene rings is 1. The van der Waals surface area contributed by atoms with Crippen LogP contribution in [0.15, 0.2) is 52.0 Å². The zero-order chi connectivity index (χ0) is 14.1. The molecule has 1 heterocycles. The van der Waals surface area contributed by atoms with Crippen molar-refractivity contribution in [3.05, 3.63) is 58.4 Å². The Balaban J connectivity index is 1.83. The van der Waals surface area contributed by atoms with Crippen molar-refractivity contribution in [2.24, 2.45) is 10.9 Å². The first kappa shape index (κ1) is 13.6. The summed E-state index contributed by atoms with van der Waals surface area (Å²) in [6, 6.07) is 7.04. The van der Waals surface area contributed by atoms with E-state index >= 15 is 0 Å². The Morgan fingerprint density at radius 1 is 1.30 bits per heavy atom. The Kier molecular flexibility index (Phi) is 3.75. The lowest BCUT2D eigenvalue weighted by Gasteiger charge is -2.22. The molecular weight excluding hydrogens is 273 g/mol. The van der Waals surface area contributed by atoms with Crippen LogP contribution in [-0.2, 0) is 0 Å². The molecule has 0 amide bonds. The molecule has 1 nitrogen and oxygen atoms in total. The van der Waals surface area contributed by atoms with E-state index in [1.165, 1.54) is 11.6 Å². The van der Waals surface area contributed by atoms with Gasteiger partial charge in [0.05, 0.1) is 6.04 Å². The third kappa shape index (κ3) is 2.57. The maximum absolute atomic E-state index is 13.8. The van der Waals surface area contributed by atoms with Crippen molar-refractivity contribution >= 4 is 17.3 Å². The molecule has 0 aromatic heterocycles. The summed E-state index contributed by atoms with van der Waals surface area (Å²) in [6.07, 6.45) is 6.93. The molecule has 1 aromatic carbocycles. The monoisotopic (exact) mass is 289 g/mol. The molecular formula is C17H17ClFN. The average molecular weight is 290 g/mol. The van der Waals surface area contributed by atoms with Gasteiger partial charge >= 0.3 is 0 Å². The van der Waals surface area contributed by atoms with Crippen LogP contribution in [-0.4, -0.2) is 11.8 Å². The topological polar surface area (TPSA) is 12.4 Å². The van der Waals surface area contributed by atoms with E-state index in [0.29, 0.717) is 5.56 Å². The molecule has 2 unspecified atom stereocenters. The van der Waals surface area contributed by atoms with Crippen molar-refractivity contribution in [3.63, 3.8) is 0 Å². The summed E-state index contributed by atoms with van der Waals surface area (Å²) in [5.41, 5.74) is 2.73. The van der Waals surface area contributed by atoms with Crippen LogP contribution in [0.5, 0.6) is 0 Å². The Morgan fingerprint density at radius 2 is 2.10 bits per heavy atom. The van der Waals surface area contributed by atoms with Crippen LogP contribution in [0.1, 0.15) is 31.7 Å². The van der Waals surface area contributed by atoms with Gasteiger partial charge in [-0.1, -0.05) is 41.4 Å². The SMILES string of the molecule is CC1=CCC(C2CCC(c3ccccc3F)=N2)C(Cl)=C1. The molecule has 20 heavy (non-hydrogen) atoms. The van der Waals surface area contributed by atoms with Crippen LogP contribution in [0.3, 0.4) is 0 Å². The van der Waals surface area contributed by atoms with E-state index in [2.05, 4.69) is 13.0 Å². The molecule has 1 aliphatic heterocycles. The fourth-order valence-electron chi connectivity index (χ4n) is 2.95. The van der Waals surface area contributed by atoms with Crippen molar-refractivity contribution in [2.45, 2.75) is 32.2 Å². The summed E-state index contributed by atoms with van der Waals surface area (Å²) < 4.78 is 13.8. The van der Waals surface area contributed by atoms with Crippen LogP contribution in [0.4, 0.5) is 4.39 Å². The second-order valence-electron chi connectivity index (χ2n) is 5.48. The molecule has 2 aliphatic rings. The normalized spacial score (nSPS) is 26.1. The molecule has 0 fully saturated rings. The summed E-state index contributed by atoms with van der Waals surface area (Å²) in [5, 5.41) is 0.883. The summed E-state index contributed by atoms with van der Waals surface area (Å²) in [6.45, 7) is 2.06. The van der Waals surface area contributed by atoms with E-state index in [4.69, 9.17) is 16.6 Å². The molecule has 1 aromatic rings. The Bertz CT molecular complexity index is 615. The fraction of sp³-hybridized carbons (Fsp3) is 0.353. The maximum atomic E-state index is 13.8. The second-order valence-corrected chi connectivity index (χ2v) is 5.92. The van der Waals surface area contributed by atoms with Crippen LogP contribution in [0.25, 0.3) is 0 Å². The lowest BCUT2D eigenvalue weighted by atomic mass is 9.89. The molecule has 3 rings (SSSR count). The van der Waals surface area contributed by atoms with Gasteiger partial charge in [-0.15, -0.1) is 0 Å². The quantitative estimate of drug-likeness (QED) is 0.737. The van der Waals surface area contributed by atoms with Gasteiger partial charge in [0.15, 0.2) is 0 Å². The van der Waals surface area contributed by atoms with Crippen molar-refractivity contribution < 1.29 is 4.39 Å². The van der Waals surface area contributed by atoms with Gasteiger partial charge in [0.1, 0.15) is 5.82 Å². The number of rotatable bonds is 2. The van der Waals surface area contributed by atoms with Gasteiger partial charge in [-0.05, 0) is 38.3 Å². The Hall–Kier alpha value is -1.41. The summed E-state index contributed by atoms with van der Waals surface area (Å²) in [4.78, 5) is 4.74. The third-order valence-corrected chi connectivity index (χ3v) is 4.45. The first-order valence-electron chi connectivity index (χ1n) is 7.00. The number of hydrogen-bond donors (Lipinski definition) is 0. The lowest BCUT2D eigenvalue weighted by Crippen LogP contribution is -2.18. The minimum atomic E-state index is -0.187. The van der Waals surface area contributed by atoms with Crippen molar-refractivity contribution in [1.82, 2.24) is 0 Å². The molecule has 104 valence electrons. The van der Waals surface area contributed by atoms with Crippen LogP contribution in [0, 0.1) is 11.7 Å². The van der Waals surface area contributed by atoms with E-state index < -0.39 is 0 Å². The van der Waals surface area contributed by atoms with Gasteiger partial charge in [-0.2, -0.15) is 0 Å². The number of aliphatic imine (C=N–C) groups is 1. The standard InChI is InChI=1S/C17H17ClFN/c1-11-6-7-12(14(18)10-11)16-8-9-17(20-16)13-4-2-3-5-15(13)19/h2-6,10,12,16H,7-9H2,1H3. The number of nitrogens with zero attached hydrogens (tertiary/aromatic N) is 1. The largest absolute Gasteiger partial charge is 0.285 e. The van der Waals surface area contributed by atoms with Crippen LogP contribution in [0.2, 0.25) is 0 Å². The Morgan fingerprint density at radius 3 is 2.85 bits per heavy atom. The van der Waals surface area contributed by atoms with E-state index in [1.54, 1.807) is 12.1 Å². The van der Waals surface area contributed by atoms with Gasteiger partial charge in [0.25, 0.3) is 0 Å².